The van der Waals surface area contributed by atoms with E-state index in [9.17, 15) is 0 Å². The summed E-state index contributed by atoms with van der Waals surface area (Å²) in [6.45, 7) is 0. The van der Waals surface area contributed by atoms with Crippen LogP contribution in [0.2, 0.25) is 5.15 Å². The van der Waals surface area contributed by atoms with Crippen molar-refractivity contribution in [2.75, 3.05) is 7.11 Å². The average Bonchev–Trinajstić information content (AvgIpc) is 2.29. The van der Waals surface area contributed by atoms with Gasteiger partial charge in [-0.1, -0.05) is 11.6 Å². The van der Waals surface area contributed by atoms with Crippen LogP contribution in [0.5, 0.6) is 5.75 Å². The lowest BCUT2D eigenvalue weighted by molar-refractivity contribution is 0.413. The van der Waals surface area contributed by atoms with Gasteiger partial charge in [-0.25, -0.2) is 9.97 Å². The zero-order valence-corrected chi connectivity index (χ0v) is 8.77. The predicted molar refractivity (Wildman–Crippen MR) is 56.8 cm³/mol. The summed E-state index contributed by atoms with van der Waals surface area (Å²) in [4.78, 5) is 11.9. The Hall–Kier alpha value is -1.68. The minimum absolute atomic E-state index is 0.405. The molecule has 0 fully saturated rings. The number of hydrogen-bond acceptors (Lipinski definition) is 4. The maximum Gasteiger partial charge on any atom is 0.137 e. The van der Waals surface area contributed by atoms with Crippen LogP contribution in [0.3, 0.4) is 0 Å². The molecule has 2 heterocycles. The Kier molecular flexibility index (Phi) is 2.78. The van der Waals surface area contributed by atoms with Crippen LogP contribution in [0.1, 0.15) is 0 Å². The van der Waals surface area contributed by atoms with Crippen molar-refractivity contribution in [2.24, 2.45) is 0 Å². The molecule has 0 spiro atoms. The van der Waals surface area contributed by atoms with Gasteiger partial charge >= 0.3 is 0 Å². The number of aromatic nitrogens is 3. The summed E-state index contributed by atoms with van der Waals surface area (Å²) in [6, 6.07) is 3.52. The first-order chi connectivity index (χ1) is 7.29. The quantitative estimate of drug-likeness (QED) is 0.730. The van der Waals surface area contributed by atoms with Crippen LogP contribution in [-0.2, 0) is 0 Å². The van der Waals surface area contributed by atoms with Gasteiger partial charge in [0.2, 0.25) is 0 Å². The molecule has 2 rings (SSSR count). The van der Waals surface area contributed by atoms with Crippen molar-refractivity contribution >= 4 is 11.6 Å². The highest BCUT2D eigenvalue weighted by Crippen LogP contribution is 2.21. The maximum atomic E-state index is 5.77. The molecule has 0 aliphatic heterocycles. The molecule has 5 heteroatoms. The van der Waals surface area contributed by atoms with Gasteiger partial charge in [0.05, 0.1) is 19.0 Å². The van der Waals surface area contributed by atoms with Crippen molar-refractivity contribution in [2.45, 2.75) is 0 Å². The van der Waals surface area contributed by atoms with Gasteiger partial charge in [-0.2, -0.15) is 0 Å². The molecule has 0 N–H and O–H groups in total. The van der Waals surface area contributed by atoms with Crippen LogP contribution >= 0.6 is 11.6 Å². The molecular formula is C10H8ClN3O. The highest BCUT2D eigenvalue weighted by Gasteiger charge is 2.02. The van der Waals surface area contributed by atoms with Gasteiger partial charge in [0.1, 0.15) is 17.2 Å². The molecule has 15 heavy (non-hydrogen) atoms. The van der Waals surface area contributed by atoms with Gasteiger partial charge in [0.15, 0.2) is 0 Å². The topological polar surface area (TPSA) is 47.9 Å². The minimum atomic E-state index is 0.405. The van der Waals surface area contributed by atoms with Gasteiger partial charge in [-0.15, -0.1) is 0 Å². The fourth-order valence-corrected chi connectivity index (χ4v) is 1.31. The third-order valence-electron chi connectivity index (χ3n) is 1.88. The molecule has 0 atom stereocenters. The SMILES string of the molecule is COc1cncc(-c2cc(Cl)ncn2)c1. The molecule has 0 unspecified atom stereocenters. The molecule has 0 aliphatic rings. The molecule has 0 saturated heterocycles. The first-order valence-corrected chi connectivity index (χ1v) is 4.64. The van der Waals surface area contributed by atoms with Crippen LogP contribution < -0.4 is 4.74 Å². The Balaban J connectivity index is 2.44. The molecule has 0 aliphatic carbocycles. The van der Waals surface area contributed by atoms with Crippen molar-refractivity contribution in [3.8, 4) is 17.0 Å². The van der Waals surface area contributed by atoms with Gasteiger partial charge in [-0.05, 0) is 6.07 Å². The van der Waals surface area contributed by atoms with Crippen molar-refractivity contribution in [3.63, 3.8) is 0 Å². The summed E-state index contributed by atoms with van der Waals surface area (Å²) in [5, 5.41) is 0.405. The minimum Gasteiger partial charge on any atom is -0.495 e. The Morgan fingerprint density at radius 3 is 2.80 bits per heavy atom. The normalized spacial score (nSPS) is 10.0. The maximum absolute atomic E-state index is 5.77. The number of pyridine rings is 1. The summed E-state index contributed by atoms with van der Waals surface area (Å²) >= 11 is 5.77. The van der Waals surface area contributed by atoms with Gasteiger partial charge in [0, 0.05) is 17.8 Å². The monoisotopic (exact) mass is 221 g/mol. The number of methoxy groups -OCH3 is 1. The fraction of sp³-hybridized carbons (Fsp3) is 0.100. The molecule has 0 saturated carbocycles. The van der Waals surface area contributed by atoms with E-state index in [1.165, 1.54) is 6.33 Å². The highest BCUT2D eigenvalue weighted by molar-refractivity contribution is 6.29. The van der Waals surface area contributed by atoms with Crippen molar-refractivity contribution in [3.05, 3.63) is 36.0 Å². The van der Waals surface area contributed by atoms with Crippen LogP contribution in [0.25, 0.3) is 11.3 Å². The summed E-state index contributed by atoms with van der Waals surface area (Å²) in [7, 11) is 1.59. The van der Waals surface area contributed by atoms with E-state index in [0.29, 0.717) is 10.9 Å². The Bertz CT molecular complexity index is 476. The Morgan fingerprint density at radius 2 is 2.07 bits per heavy atom. The Morgan fingerprint density at radius 1 is 1.20 bits per heavy atom. The summed E-state index contributed by atoms with van der Waals surface area (Å²) in [5.74, 6) is 0.683. The standard InChI is InChI=1S/C10H8ClN3O/c1-15-8-2-7(4-12-5-8)9-3-10(11)14-6-13-9/h2-6H,1H3. The van der Waals surface area contributed by atoms with Crippen LogP contribution in [0.15, 0.2) is 30.9 Å². The lowest BCUT2D eigenvalue weighted by Crippen LogP contribution is -1.89. The van der Waals surface area contributed by atoms with E-state index in [1.807, 2.05) is 6.07 Å². The fourth-order valence-electron chi connectivity index (χ4n) is 1.16. The lowest BCUT2D eigenvalue weighted by atomic mass is 10.2. The molecule has 76 valence electrons. The smallest absolute Gasteiger partial charge is 0.137 e. The van der Waals surface area contributed by atoms with Gasteiger partial charge in [-0.3, -0.25) is 4.98 Å². The second-order valence-corrected chi connectivity index (χ2v) is 3.23. The third kappa shape index (κ3) is 2.22. The second-order valence-electron chi connectivity index (χ2n) is 2.84. The summed E-state index contributed by atoms with van der Waals surface area (Å²) < 4.78 is 5.07. The number of halogens is 1. The third-order valence-corrected chi connectivity index (χ3v) is 2.09. The van der Waals surface area contributed by atoms with E-state index in [1.54, 1.807) is 25.6 Å². The summed E-state index contributed by atoms with van der Waals surface area (Å²) in [5.41, 5.74) is 1.57. The predicted octanol–water partition coefficient (Wildman–Crippen LogP) is 2.20. The number of ether oxygens (including phenoxy) is 1. The average molecular weight is 222 g/mol. The van der Waals surface area contributed by atoms with E-state index in [2.05, 4.69) is 15.0 Å². The molecule has 0 amide bonds. The number of nitrogens with zero attached hydrogens (tertiary/aromatic N) is 3. The molecule has 0 aromatic carbocycles. The molecule has 0 bridgehead atoms. The summed E-state index contributed by atoms with van der Waals surface area (Å²) in [6.07, 6.45) is 4.74. The molecule has 4 nitrogen and oxygen atoms in total. The number of hydrogen-bond donors (Lipinski definition) is 0. The molecule has 2 aromatic rings. The highest BCUT2D eigenvalue weighted by atomic mass is 35.5. The first-order valence-electron chi connectivity index (χ1n) is 4.26. The van der Waals surface area contributed by atoms with Crippen LogP contribution in [0.4, 0.5) is 0 Å². The van der Waals surface area contributed by atoms with E-state index in [4.69, 9.17) is 16.3 Å². The van der Waals surface area contributed by atoms with E-state index >= 15 is 0 Å². The van der Waals surface area contributed by atoms with E-state index in [0.717, 1.165) is 11.3 Å². The van der Waals surface area contributed by atoms with Crippen molar-refractivity contribution in [1.82, 2.24) is 15.0 Å². The van der Waals surface area contributed by atoms with Gasteiger partial charge < -0.3 is 4.74 Å². The molecular weight excluding hydrogens is 214 g/mol. The second kappa shape index (κ2) is 4.23. The van der Waals surface area contributed by atoms with Crippen LogP contribution in [0, 0.1) is 0 Å². The van der Waals surface area contributed by atoms with Crippen molar-refractivity contribution < 1.29 is 4.74 Å². The molecule has 2 aromatic heterocycles. The van der Waals surface area contributed by atoms with E-state index < -0.39 is 0 Å². The Labute approximate surface area is 91.9 Å². The first kappa shape index (κ1) is 9.86. The zero-order valence-electron chi connectivity index (χ0n) is 8.01. The zero-order chi connectivity index (χ0) is 10.7. The van der Waals surface area contributed by atoms with Crippen molar-refractivity contribution in [1.29, 1.82) is 0 Å². The lowest BCUT2D eigenvalue weighted by Gasteiger charge is -2.02. The van der Waals surface area contributed by atoms with Gasteiger partial charge in [0.25, 0.3) is 0 Å². The number of rotatable bonds is 2. The molecule has 0 radical (unpaired) electrons. The largest absolute Gasteiger partial charge is 0.495 e. The van der Waals surface area contributed by atoms with E-state index in [-0.39, 0.29) is 0 Å². The van der Waals surface area contributed by atoms with Crippen LogP contribution in [-0.4, -0.2) is 22.1 Å².